The molecule has 0 saturated heterocycles. The van der Waals surface area contributed by atoms with Crippen LogP contribution in [0.3, 0.4) is 0 Å². The van der Waals surface area contributed by atoms with Crippen molar-refractivity contribution in [1.29, 1.82) is 0 Å². The Morgan fingerprint density at radius 3 is 2.38 bits per heavy atom. The number of halogens is 1. The van der Waals surface area contributed by atoms with E-state index < -0.39 is 29.5 Å². The summed E-state index contributed by atoms with van der Waals surface area (Å²) >= 11 is 4.54. The molecule has 0 aliphatic carbocycles. The second-order valence-electron chi connectivity index (χ2n) is 8.58. The van der Waals surface area contributed by atoms with Crippen LogP contribution in [0.25, 0.3) is 6.08 Å². The molecular formula is C28H25BrN2O8S. The zero-order chi connectivity index (χ0) is 29.1. The highest BCUT2D eigenvalue weighted by molar-refractivity contribution is 9.10. The summed E-state index contributed by atoms with van der Waals surface area (Å²) in [6.45, 7) is 6.06. The molecule has 3 aromatic rings. The van der Waals surface area contributed by atoms with E-state index in [0.717, 1.165) is 15.8 Å². The van der Waals surface area contributed by atoms with Gasteiger partial charge in [0, 0.05) is 23.9 Å². The molecule has 10 nitrogen and oxygen atoms in total. The molecule has 40 heavy (non-hydrogen) atoms. The molecule has 0 amide bonds. The number of hydrogen-bond donors (Lipinski definition) is 0. The molecule has 1 aliphatic rings. The average molecular weight is 629 g/mol. The maximum atomic E-state index is 13.9. The van der Waals surface area contributed by atoms with Crippen LogP contribution in [0.4, 0.5) is 0 Å². The van der Waals surface area contributed by atoms with E-state index in [1.165, 1.54) is 31.6 Å². The molecule has 12 heteroatoms. The molecule has 0 saturated carbocycles. The molecule has 1 aromatic heterocycles. The molecule has 0 bridgehead atoms. The summed E-state index contributed by atoms with van der Waals surface area (Å²) in [5.74, 6) is -0.922. The Kier molecular flexibility index (Phi) is 8.70. The Bertz CT molecular complexity index is 1740. The molecule has 0 fully saturated rings. The third-order valence-corrected chi connectivity index (χ3v) is 7.26. The Balaban J connectivity index is 1.97. The molecule has 1 atom stereocenters. The predicted octanol–water partition coefficient (Wildman–Crippen LogP) is 3.42. The molecule has 2 heterocycles. The van der Waals surface area contributed by atoms with E-state index in [2.05, 4.69) is 20.9 Å². The average Bonchev–Trinajstić information content (AvgIpc) is 3.18. The first kappa shape index (κ1) is 29.0. The quantitative estimate of drug-likeness (QED) is 0.288. The SMILES string of the molecule is CCOC(=O)C1=C(C)N=c2s/c(=C/c3cc(Br)ccc3OC(C)=O)c(=O)n2[C@@H]1c1ccc(OC(C)=O)c(OC)c1. The number of benzene rings is 2. The Hall–Kier alpha value is -4.03. The summed E-state index contributed by atoms with van der Waals surface area (Å²) in [5.41, 5.74) is 1.18. The largest absolute Gasteiger partial charge is 0.493 e. The van der Waals surface area contributed by atoms with Crippen molar-refractivity contribution in [2.75, 3.05) is 13.7 Å². The topological polar surface area (TPSA) is 122 Å². The lowest BCUT2D eigenvalue weighted by molar-refractivity contribution is -0.139. The van der Waals surface area contributed by atoms with Crippen molar-refractivity contribution in [3.05, 3.63) is 83.0 Å². The van der Waals surface area contributed by atoms with Gasteiger partial charge in [0.1, 0.15) is 5.75 Å². The fourth-order valence-corrected chi connectivity index (χ4v) is 5.64. The van der Waals surface area contributed by atoms with Crippen LogP contribution in [0.5, 0.6) is 17.2 Å². The molecular weight excluding hydrogens is 604 g/mol. The monoisotopic (exact) mass is 628 g/mol. The molecule has 0 spiro atoms. The van der Waals surface area contributed by atoms with Crippen LogP contribution < -0.4 is 29.1 Å². The molecule has 208 valence electrons. The smallest absolute Gasteiger partial charge is 0.338 e. The fraction of sp³-hybridized carbons (Fsp3) is 0.250. The van der Waals surface area contributed by atoms with Crippen molar-refractivity contribution in [2.45, 2.75) is 33.7 Å². The number of rotatable bonds is 7. The minimum Gasteiger partial charge on any atom is -0.493 e. The lowest BCUT2D eigenvalue weighted by Gasteiger charge is -2.25. The molecule has 0 unspecified atom stereocenters. The molecule has 4 rings (SSSR count). The lowest BCUT2D eigenvalue weighted by atomic mass is 9.95. The van der Waals surface area contributed by atoms with E-state index in [0.29, 0.717) is 26.2 Å². The van der Waals surface area contributed by atoms with E-state index in [9.17, 15) is 19.2 Å². The number of fused-ring (bicyclic) bond motifs is 1. The standard InChI is InChI=1S/C28H25BrN2O8S/c1-6-37-27(35)24-14(2)30-28-31(25(24)17-7-9-21(39-16(4)33)22(12-17)36-5)26(34)23(40-28)13-18-11-19(29)8-10-20(18)38-15(3)32/h7-13,25H,6H2,1-5H3/b23-13+/t25-/m1/s1. The number of ether oxygens (including phenoxy) is 4. The van der Waals surface area contributed by atoms with Gasteiger partial charge in [-0.05, 0) is 55.8 Å². The van der Waals surface area contributed by atoms with Crippen LogP contribution in [0.1, 0.15) is 44.9 Å². The van der Waals surface area contributed by atoms with Crippen molar-refractivity contribution in [3.63, 3.8) is 0 Å². The van der Waals surface area contributed by atoms with Crippen LogP contribution in [-0.2, 0) is 19.1 Å². The molecule has 0 radical (unpaired) electrons. The third-order valence-electron chi connectivity index (χ3n) is 5.79. The van der Waals surface area contributed by atoms with Gasteiger partial charge >= 0.3 is 17.9 Å². The normalized spacial score (nSPS) is 14.8. The van der Waals surface area contributed by atoms with Gasteiger partial charge < -0.3 is 18.9 Å². The zero-order valence-corrected chi connectivity index (χ0v) is 24.7. The molecule has 0 N–H and O–H groups in total. The van der Waals surface area contributed by atoms with Gasteiger partial charge in [-0.15, -0.1) is 0 Å². The first-order chi connectivity index (χ1) is 19.0. The Morgan fingerprint density at radius 1 is 1.05 bits per heavy atom. The van der Waals surface area contributed by atoms with Gasteiger partial charge in [-0.1, -0.05) is 33.3 Å². The third kappa shape index (κ3) is 5.92. The van der Waals surface area contributed by atoms with Crippen LogP contribution in [0, 0.1) is 0 Å². The number of carbonyl (C=O) groups is 3. The number of hydrogen-bond acceptors (Lipinski definition) is 10. The van der Waals surface area contributed by atoms with Gasteiger partial charge in [-0.2, -0.15) is 0 Å². The summed E-state index contributed by atoms with van der Waals surface area (Å²) in [4.78, 5) is 55.2. The van der Waals surface area contributed by atoms with E-state index >= 15 is 0 Å². The number of esters is 3. The number of methoxy groups -OCH3 is 1. The number of thiazole rings is 1. The zero-order valence-electron chi connectivity index (χ0n) is 22.3. The van der Waals surface area contributed by atoms with Gasteiger partial charge in [-0.3, -0.25) is 19.0 Å². The van der Waals surface area contributed by atoms with Crippen LogP contribution in [0.15, 0.2) is 61.9 Å². The van der Waals surface area contributed by atoms with Gasteiger partial charge in [0.05, 0.1) is 35.6 Å². The van der Waals surface area contributed by atoms with Gasteiger partial charge in [0.25, 0.3) is 5.56 Å². The summed E-state index contributed by atoms with van der Waals surface area (Å²) in [7, 11) is 1.42. The highest BCUT2D eigenvalue weighted by atomic mass is 79.9. The maximum absolute atomic E-state index is 13.9. The molecule has 1 aliphatic heterocycles. The van der Waals surface area contributed by atoms with E-state index in [1.807, 2.05) is 0 Å². The number of allylic oxidation sites excluding steroid dienone is 1. The Morgan fingerprint density at radius 2 is 1.73 bits per heavy atom. The van der Waals surface area contributed by atoms with Crippen LogP contribution in [0.2, 0.25) is 0 Å². The van der Waals surface area contributed by atoms with Gasteiger partial charge in [0.15, 0.2) is 16.3 Å². The van der Waals surface area contributed by atoms with E-state index in [1.54, 1.807) is 50.3 Å². The number of nitrogens with zero attached hydrogens (tertiary/aromatic N) is 2. The van der Waals surface area contributed by atoms with Crippen LogP contribution >= 0.6 is 27.3 Å². The minimum atomic E-state index is -0.909. The first-order valence-corrected chi connectivity index (χ1v) is 13.7. The van der Waals surface area contributed by atoms with Crippen molar-refractivity contribution in [3.8, 4) is 17.2 Å². The van der Waals surface area contributed by atoms with Crippen molar-refractivity contribution >= 4 is 51.3 Å². The Labute approximate surface area is 241 Å². The van der Waals surface area contributed by atoms with Crippen molar-refractivity contribution in [2.24, 2.45) is 4.99 Å². The highest BCUT2D eigenvalue weighted by Crippen LogP contribution is 2.36. The van der Waals surface area contributed by atoms with Crippen molar-refractivity contribution in [1.82, 2.24) is 4.57 Å². The molecule has 2 aromatic carbocycles. The van der Waals surface area contributed by atoms with Gasteiger partial charge in [-0.25, -0.2) is 9.79 Å². The maximum Gasteiger partial charge on any atom is 0.338 e. The van der Waals surface area contributed by atoms with E-state index in [-0.39, 0.29) is 29.4 Å². The highest BCUT2D eigenvalue weighted by Gasteiger charge is 2.34. The predicted molar refractivity (Wildman–Crippen MR) is 150 cm³/mol. The summed E-state index contributed by atoms with van der Waals surface area (Å²) in [5, 5.41) is 0. The van der Waals surface area contributed by atoms with Gasteiger partial charge in [0.2, 0.25) is 0 Å². The lowest BCUT2D eigenvalue weighted by Crippen LogP contribution is -2.40. The summed E-state index contributed by atoms with van der Waals surface area (Å²) < 4.78 is 23.8. The second-order valence-corrected chi connectivity index (χ2v) is 10.5. The number of aromatic nitrogens is 1. The van der Waals surface area contributed by atoms with E-state index in [4.69, 9.17) is 18.9 Å². The first-order valence-electron chi connectivity index (χ1n) is 12.1. The van der Waals surface area contributed by atoms with Crippen molar-refractivity contribution < 1.29 is 33.3 Å². The number of carbonyl (C=O) groups excluding carboxylic acids is 3. The summed E-state index contributed by atoms with van der Waals surface area (Å²) in [6, 6.07) is 8.95. The van der Waals surface area contributed by atoms with Crippen LogP contribution in [-0.4, -0.2) is 36.2 Å². The second kappa shape index (κ2) is 12.0. The minimum absolute atomic E-state index is 0.128. The fourth-order valence-electron chi connectivity index (χ4n) is 4.22. The summed E-state index contributed by atoms with van der Waals surface area (Å²) in [6.07, 6.45) is 1.61.